The molecule has 0 unspecified atom stereocenters. The fraction of sp³-hybridized carbons (Fsp3) is 0.182. The highest BCUT2D eigenvalue weighted by molar-refractivity contribution is 5.96. The van der Waals surface area contributed by atoms with E-state index in [2.05, 4.69) is 0 Å². The zero-order valence-electron chi connectivity index (χ0n) is 9.12. The van der Waals surface area contributed by atoms with Crippen molar-refractivity contribution in [2.75, 3.05) is 7.11 Å². The Labute approximate surface area is 97.2 Å². The lowest BCUT2D eigenvalue weighted by molar-refractivity contribution is -0.384. The normalized spacial score (nSPS) is 14.4. The van der Waals surface area contributed by atoms with E-state index in [9.17, 15) is 14.9 Å². The standard InChI is InChI=1S/C11H10N2O4/c1-17-12-6-2-3-8-7-9(13(15)16)4-5-10(8)11(12)14/h2,4-7H,3H2,1H3. The molecule has 1 amide bonds. The summed E-state index contributed by atoms with van der Waals surface area (Å²) in [7, 11) is 1.39. The maximum absolute atomic E-state index is 11.9. The Hall–Kier alpha value is -2.21. The molecular weight excluding hydrogens is 224 g/mol. The van der Waals surface area contributed by atoms with E-state index in [1.807, 2.05) is 0 Å². The molecule has 1 aliphatic heterocycles. The summed E-state index contributed by atoms with van der Waals surface area (Å²) in [5, 5.41) is 11.7. The minimum Gasteiger partial charge on any atom is -0.270 e. The van der Waals surface area contributed by atoms with E-state index in [4.69, 9.17) is 4.84 Å². The van der Waals surface area contributed by atoms with Gasteiger partial charge in [-0.15, -0.1) is 0 Å². The molecule has 6 nitrogen and oxygen atoms in total. The summed E-state index contributed by atoms with van der Waals surface area (Å²) < 4.78 is 0. The molecular formula is C11H10N2O4. The van der Waals surface area contributed by atoms with Gasteiger partial charge in [-0.05, 0) is 18.1 Å². The number of fused-ring (bicyclic) bond motifs is 1. The second kappa shape index (κ2) is 4.34. The predicted molar refractivity (Wildman–Crippen MR) is 59.1 cm³/mol. The molecule has 1 aliphatic rings. The number of hydroxylamine groups is 2. The number of benzene rings is 1. The fourth-order valence-corrected chi connectivity index (χ4v) is 1.68. The first-order chi connectivity index (χ1) is 8.13. The molecule has 0 saturated heterocycles. The number of hydrogen-bond acceptors (Lipinski definition) is 4. The highest BCUT2D eigenvalue weighted by Gasteiger charge is 2.21. The second-order valence-corrected chi connectivity index (χ2v) is 3.50. The lowest BCUT2D eigenvalue weighted by Crippen LogP contribution is -2.24. The van der Waals surface area contributed by atoms with Crippen LogP contribution in [0.1, 0.15) is 15.9 Å². The van der Waals surface area contributed by atoms with Gasteiger partial charge in [0.25, 0.3) is 11.6 Å². The summed E-state index contributed by atoms with van der Waals surface area (Å²) in [6.07, 6.45) is 3.69. The van der Waals surface area contributed by atoms with Gasteiger partial charge in [-0.2, -0.15) is 5.06 Å². The molecule has 1 aromatic carbocycles. The first kappa shape index (κ1) is 11.3. The SMILES string of the molecule is CON1C=CCc2cc([N+](=O)[O-])ccc2C1=O. The molecule has 0 aromatic heterocycles. The minimum absolute atomic E-state index is 0.0178. The molecule has 17 heavy (non-hydrogen) atoms. The Morgan fingerprint density at radius 1 is 1.47 bits per heavy atom. The van der Waals surface area contributed by atoms with Crippen LogP contribution in [0, 0.1) is 10.1 Å². The largest absolute Gasteiger partial charge is 0.281 e. The number of amides is 1. The Bertz CT molecular complexity index is 510. The van der Waals surface area contributed by atoms with Crippen LogP contribution in [0.4, 0.5) is 5.69 Å². The molecule has 1 aromatic rings. The number of rotatable bonds is 2. The van der Waals surface area contributed by atoms with Crippen molar-refractivity contribution in [1.82, 2.24) is 5.06 Å². The van der Waals surface area contributed by atoms with Crippen molar-refractivity contribution >= 4 is 11.6 Å². The lowest BCUT2D eigenvalue weighted by atomic mass is 10.0. The number of carbonyl (C=O) groups excluding carboxylic acids is 1. The molecule has 1 heterocycles. The third-order valence-electron chi connectivity index (χ3n) is 2.51. The highest BCUT2D eigenvalue weighted by atomic mass is 16.7. The van der Waals surface area contributed by atoms with Gasteiger partial charge in [-0.3, -0.25) is 19.7 Å². The highest BCUT2D eigenvalue weighted by Crippen LogP contribution is 2.22. The summed E-state index contributed by atoms with van der Waals surface area (Å²) in [4.78, 5) is 27.0. The zero-order chi connectivity index (χ0) is 12.4. The Kier molecular flexibility index (Phi) is 2.88. The maximum atomic E-state index is 11.9. The number of allylic oxidation sites excluding steroid dienone is 1. The monoisotopic (exact) mass is 234 g/mol. The van der Waals surface area contributed by atoms with E-state index in [1.54, 1.807) is 6.08 Å². The van der Waals surface area contributed by atoms with Gasteiger partial charge in [0.05, 0.1) is 12.0 Å². The van der Waals surface area contributed by atoms with Crippen LogP contribution >= 0.6 is 0 Å². The molecule has 0 atom stereocenters. The van der Waals surface area contributed by atoms with E-state index >= 15 is 0 Å². The van der Waals surface area contributed by atoms with Crippen LogP contribution in [-0.4, -0.2) is 23.0 Å². The molecule has 0 fully saturated rings. The Balaban J connectivity index is 2.48. The third kappa shape index (κ3) is 2.02. The van der Waals surface area contributed by atoms with E-state index in [-0.39, 0.29) is 11.6 Å². The van der Waals surface area contributed by atoms with E-state index < -0.39 is 4.92 Å². The first-order valence-electron chi connectivity index (χ1n) is 4.95. The van der Waals surface area contributed by atoms with Crippen molar-refractivity contribution in [3.63, 3.8) is 0 Å². The van der Waals surface area contributed by atoms with Gasteiger partial charge >= 0.3 is 0 Å². The third-order valence-corrected chi connectivity index (χ3v) is 2.51. The van der Waals surface area contributed by atoms with Gasteiger partial charge in [-0.25, -0.2) is 0 Å². The van der Waals surface area contributed by atoms with E-state index in [1.165, 1.54) is 31.5 Å². The van der Waals surface area contributed by atoms with Gasteiger partial charge in [0, 0.05) is 23.9 Å². The number of carbonyl (C=O) groups is 1. The molecule has 0 saturated carbocycles. The maximum Gasteiger partial charge on any atom is 0.281 e. The summed E-state index contributed by atoms with van der Waals surface area (Å²) in [6.45, 7) is 0. The Morgan fingerprint density at radius 2 is 2.24 bits per heavy atom. The average molecular weight is 234 g/mol. The quantitative estimate of drug-likeness (QED) is 0.576. The molecule has 6 heteroatoms. The molecule has 0 N–H and O–H groups in total. The number of nitrogens with zero attached hydrogens (tertiary/aromatic N) is 2. The van der Waals surface area contributed by atoms with Crippen molar-refractivity contribution < 1.29 is 14.6 Å². The second-order valence-electron chi connectivity index (χ2n) is 3.50. The molecule has 0 aliphatic carbocycles. The molecule has 2 rings (SSSR count). The zero-order valence-corrected chi connectivity index (χ0v) is 9.12. The van der Waals surface area contributed by atoms with Crippen molar-refractivity contribution in [2.24, 2.45) is 0 Å². The van der Waals surface area contributed by atoms with Crippen molar-refractivity contribution in [3.05, 3.63) is 51.7 Å². The molecule has 88 valence electrons. The van der Waals surface area contributed by atoms with Gasteiger partial charge in [-0.1, -0.05) is 6.08 Å². The van der Waals surface area contributed by atoms with E-state index in [0.29, 0.717) is 17.5 Å². The van der Waals surface area contributed by atoms with Gasteiger partial charge in [0.1, 0.15) is 0 Å². The average Bonchev–Trinajstić information content (AvgIpc) is 2.48. The van der Waals surface area contributed by atoms with Crippen molar-refractivity contribution in [2.45, 2.75) is 6.42 Å². The lowest BCUT2D eigenvalue weighted by Gasteiger charge is -2.14. The van der Waals surface area contributed by atoms with Crippen molar-refractivity contribution in [3.8, 4) is 0 Å². The number of non-ortho nitro benzene ring substituents is 1. The van der Waals surface area contributed by atoms with Crippen LogP contribution in [0.3, 0.4) is 0 Å². The van der Waals surface area contributed by atoms with Crippen LogP contribution in [0.5, 0.6) is 0 Å². The van der Waals surface area contributed by atoms with Crippen LogP contribution in [0.15, 0.2) is 30.5 Å². The fourth-order valence-electron chi connectivity index (χ4n) is 1.68. The van der Waals surface area contributed by atoms with Gasteiger partial charge < -0.3 is 0 Å². The van der Waals surface area contributed by atoms with Gasteiger partial charge in [0.2, 0.25) is 0 Å². The minimum atomic E-state index is -0.479. The number of hydrogen-bond donors (Lipinski definition) is 0. The topological polar surface area (TPSA) is 72.7 Å². The van der Waals surface area contributed by atoms with Crippen LogP contribution in [0.2, 0.25) is 0 Å². The molecule has 0 radical (unpaired) electrons. The summed E-state index contributed by atoms with van der Waals surface area (Å²) in [5.74, 6) is -0.328. The summed E-state index contributed by atoms with van der Waals surface area (Å²) in [5.41, 5.74) is 1.03. The first-order valence-corrected chi connectivity index (χ1v) is 4.95. The van der Waals surface area contributed by atoms with Crippen LogP contribution in [-0.2, 0) is 11.3 Å². The number of nitro groups is 1. The van der Waals surface area contributed by atoms with Gasteiger partial charge in [0.15, 0.2) is 0 Å². The van der Waals surface area contributed by atoms with E-state index in [0.717, 1.165) is 5.06 Å². The smallest absolute Gasteiger partial charge is 0.270 e. The predicted octanol–water partition coefficient (Wildman–Crippen LogP) is 1.67. The summed E-state index contributed by atoms with van der Waals surface area (Å²) >= 11 is 0. The van der Waals surface area contributed by atoms with Crippen molar-refractivity contribution in [1.29, 1.82) is 0 Å². The van der Waals surface area contributed by atoms with Crippen LogP contribution in [0.25, 0.3) is 0 Å². The Morgan fingerprint density at radius 3 is 2.88 bits per heavy atom. The molecule has 0 spiro atoms. The van der Waals surface area contributed by atoms with Crippen LogP contribution < -0.4 is 0 Å². The molecule has 0 bridgehead atoms. The number of nitro benzene ring substituents is 1. The summed E-state index contributed by atoms with van der Waals surface area (Å²) in [6, 6.07) is 4.18.